The summed E-state index contributed by atoms with van der Waals surface area (Å²) in [4.78, 5) is 43.5. The van der Waals surface area contributed by atoms with Crippen molar-refractivity contribution in [1.29, 1.82) is 0 Å². The van der Waals surface area contributed by atoms with Crippen LogP contribution in [0.5, 0.6) is 0 Å². The molecule has 0 aliphatic carbocycles. The van der Waals surface area contributed by atoms with Gasteiger partial charge in [-0.25, -0.2) is 9.59 Å². The van der Waals surface area contributed by atoms with Crippen LogP contribution in [0.2, 0.25) is 0 Å². The predicted octanol–water partition coefficient (Wildman–Crippen LogP) is 5.66. The first kappa shape index (κ1) is 33.6. The summed E-state index contributed by atoms with van der Waals surface area (Å²) in [6, 6.07) is 8.35. The Morgan fingerprint density at radius 1 is 1.12 bits per heavy atom. The zero-order valence-electron chi connectivity index (χ0n) is 26.7. The Kier molecular flexibility index (Phi) is 11.0. The van der Waals surface area contributed by atoms with Gasteiger partial charge in [0.05, 0.1) is 20.3 Å². The van der Waals surface area contributed by atoms with Gasteiger partial charge in [-0.05, 0) is 64.8 Å². The van der Waals surface area contributed by atoms with Crippen molar-refractivity contribution in [2.45, 2.75) is 64.1 Å². The first-order chi connectivity index (χ1) is 20.3. The average Bonchev–Trinajstić information content (AvgIpc) is 3.38. The Hall–Kier alpha value is -3.85. The molecule has 3 rings (SSSR count). The number of carbonyl (C=O) groups excluding carboxylic acids is 3. The fraction of sp³-hybridized carbons (Fsp3) is 0.500. The Labute approximate surface area is 255 Å². The highest BCUT2D eigenvalue weighted by Crippen LogP contribution is 2.42. The number of methoxy groups -OCH3 is 2. The van der Waals surface area contributed by atoms with Crippen molar-refractivity contribution in [3.63, 3.8) is 0 Å². The number of hydrogen-bond acceptors (Lipinski definition) is 7. The summed E-state index contributed by atoms with van der Waals surface area (Å²) < 4.78 is 16.6. The van der Waals surface area contributed by atoms with Crippen molar-refractivity contribution in [1.82, 2.24) is 10.2 Å². The van der Waals surface area contributed by atoms with Crippen molar-refractivity contribution in [3.8, 4) is 0 Å². The van der Waals surface area contributed by atoms with E-state index in [9.17, 15) is 14.4 Å². The molecule has 1 saturated heterocycles. The summed E-state index contributed by atoms with van der Waals surface area (Å²) in [6.07, 6.45) is 5.54. The third-order valence-corrected chi connectivity index (χ3v) is 8.10. The van der Waals surface area contributed by atoms with Crippen molar-refractivity contribution < 1.29 is 28.6 Å². The van der Waals surface area contributed by atoms with Crippen molar-refractivity contribution in [3.05, 3.63) is 60.7 Å². The van der Waals surface area contributed by atoms with Crippen LogP contribution in [-0.2, 0) is 29.4 Å². The van der Waals surface area contributed by atoms with E-state index in [0.29, 0.717) is 6.42 Å². The van der Waals surface area contributed by atoms with Crippen LogP contribution < -0.4 is 10.2 Å². The standard InChI is InChI=1S/C34H47N3O6/c1-10-12-13-14-17-43-32(40)35-29(33(3,4)5)30(38)37-22-34(42-9,21-28(37)31(39)41-8)26-16-15-24-20-27(36(6)7)23(11-2)18-25(24)19-26/h10-11,15-16,18-20,28-29H,1-2,12-14,17,21-22H2,3-9H3,(H,35,40)/t28-,29+,34+/m0/s1. The maximum atomic E-state index is 14.2. The van der Waals surface area contributed by atoms with Crippen LogP contribution in [0.4, 0.5) is 10.5 Å². The van der Waals surface area contributed by atoms with Gasteiger partial charge in [-0.15, -0.1) is 6.58 Å². The van der Waals surface area contributed by atoms with Gasteiger partial charge in [0.25, 0.3) is 0 Å². The van der Waals surface area contributed by atoms with Crippen LogP contribution >= 0.6 is 0 Å². The van der Waals surface area contributed by atoms with E-state index in [1.165, 1.54) is 12.0 Å². The SMILES string of the molecule is C=CCCCCOC(=O)N[C@H](C(=O)N1C[C@@](OC)(c2ccc3cc(N(C)C)c(C=C)cc3c2)C[C@H]1C(=O)OC)C(C)(C)C. The van der Waals surface area contributed by atoms with Crippen LogP contribution in [0, 0.1) is 5.41 Å². The number of esters is 1. The molecule has 9 heteroatoms. The fourth-order valence-corrected chi connectivity index (χ4v) is 5.59. The number of fused-ring (bicyclic) bond motifs is 1. The van der Waals surface area contributed by atoms with Crippen LogP contribution in [0.1, 0.15) is 57.6 Å². The van der Waals surface area contributed by atoms with E-state index in [1.54, 1.807) is 7.11 Å². The number of nitrogens with zero attached hydrogens (tertiary/aromatic N) is 2. The minimum absolute atomic E-state index is 0.0998. The summed E-state index contributed by atoms with van der Waals surface area (Å²) in [5.41, 5.74) is 1.22. The number of alkyl carbamates (subject to hydrolysis) is 1. The van der Waals surface area contributed by atoms with E-state index in [0.717, 1.165) is 40.4 Å². The van der Waals surface area contributed by atoms with Gasteiger partial charge < -0.3 is 29.3 Å². The molecule has 1 N–H and O–H groups in total. The zero-order valence-corrected chi connectivity index (χ0v) is 26.7. The van der Waals surface area contributed by atoms with Crippen LogP contribution in [-0.4, -0.2) is 76.4 Å². The Morgan fingerprint density at radius 2 is 1.84 bits per heavy atom. The number of allylic oxidation sites excluding steroid dienone is 1. The van der Waals surface area contributed by atoms with E-state index in [1.807, 2.05) is 70.1 Å². The summed E-state index contributed by atoms with van der Waals surface area (Å²) in [6.45, 7) is 13.6. The molecule has 2 aromatic carbocycles. The number of benzene rings is 2. The zero-order chi connectivity index (χ0) is 31.9. The Balaban J connectivity index is 1.96. The molecule has 0 aromatic heterocycles. The molecule has 1 heterocycles. The van der Waals surface area contributed by atoms with Crippen LogP contribution in [0.25, 0.3) is 16.8 Å². The fourth-order valence-electron chi connectivity index (χ4n) is 5.59. The summed E-state index contributed by atoms with van der Waals surface area (Å²) in [5, 5.41) is 4.79. The number of likely N-dealkylation sites (tertiary alicyclic amines) is 1. The molecular formula is C34H47N3O6. The van der Waals surface area contributed by atoms with E-state index in [-0.39, 0.29) is 19.6 Å². The highest BCUT2D eigenvalue weighted by Gasteiger charge is 2.53. The molecule has 0 spiro atoms. The minimum Gasteiger partial charge on any atom is -0.467 e. The third-order valence-electron chi connectivity index (χ3n) is 8.10. The van der Waals surface area contributed by atoms with Gasteiger partial charge in [0.1, 0.15) is 17.7 Å². The quantitative estimate of drug-likeness (QED) is 0.193. The topological polar surface area (TPSA) is 97.4 Å². The van der Waals surface area contributed by atoms with Gasteiger partial charge in [-0.3, -0.25) is 4.79 Å². The number of anilines is 1. The second kappa shape index (κ2) is 14.1. The number of ether oxygens (including phenoxy) is 3. The lowest BCUT2D eigenvalue weighted by atomic mass is 9.85. The lowest BCUT2D eigenvalue weighted by Crippen LogP contribution is -2.57. The molecule has 9 nitrogen and oxygen atoms in total. The lowest BCUT2D eigenvalue weighted by molar-refractivity contribution is -0.152. The largest absolute Gasteiger partial charge is 0.467 e. The highest BCUT2D eigenvalue weighted by molar-refractivity contribution is 5.92. The Bertz CT molecular complexity index is 1350. The number of rotatable bonds is 12. The second-order valence-corrected chi connectivity index (χ2v) is 12.3. The molecule has 0 radical (unpaired) electrons. The van der Waals surface area contributed by atoms with Gasteiger partial charge >= 0.3 is 12.1 Å². The number of nitrogens with one attached hydrogen (secondary N) is 1. The van der Waals surface area contributed by atoms with E-state index in [4.69, 9.17) is 14.2 Å². The molecule has 0 unspecified atom stereocenters. The van der Waals surface area contributed by atoms with Gasteiger partial charge in [-0.1, -0.05) is 51.6 Å². The molecule has 2 aromatic rings. The average molecular weight is 594 g/mol. The summed E-state index contributed by atoms with van der Waals surface area (Å²) in [5.74, 6) is -0.953. The molecule has 234 valence electrons. The number of unbranched alkanes of at least 4 members (excludes halogenated alkanes) is 2. The third kappa shape index (κ3) is 7.57. The minimum atomic E-state index is -0.981. The smallest absolute Gasteiger partial charge is 0.407 e. The van der Waals surface area contributed by atoms with Crippen molar-refractivity contribution in [2.24, 2.45) is 5.41 Å². The van der Waals surface area contributed by atoms with Gasteiger partial charge in [0.2, 0.25) is 5.91 Å². The van der Waals surface area contributed by atoms with Crippen LogP contribution in [0.15, 0.2) is 49.6 Å². The molecule has 0 bridgehead atoms. The van der Waals surface area contributed by atoms with Gasteiger partial charge in [-0.2, -0.15) is 0 Å². The number of carbonyl (C=O) groups is 3. The van der Waals surface area contributed by atoms with E-state index >= 15 is 0 Å². The predicted molar refractivity (Wildman–Crippen MR) is 171 cm³/mol. The van der Waals surface area contributed by atoms with Gasteiger partial charge in [0.15, 0.2) is 0 Å². The molecule has 3 atom stereocenters. The molecule has 43 heavy (non-hydrogen) atoms. The number of amides is 2. The molecule has 1 fully saturated rings. The first-order valence-electron chi connectivity index (χ1n) is 14.7. The second-order valence-electron chi connectivity index (χ2n) is 12.3. The molecule has 1 aliphatic heterocycles. The molecule has 1 aliphatic rings. The molecular weight excluding hydrogens is 546 g/mol. The highest BCUT2D eigenvalue weighted by atomic mass is 16.5. The first-order valence-corrected chi connectivity index (χ1v) is 14.7. The normalized spacial score (nSPS) is 19.0. The van der Waals surface area contributed by atoms with E-state index in [2.05, 4.69) is 30.6 Å². The maximum Gasteiger partial charge on any atom is 0.407 e. The molecule has 2 amide bonds. The van der Waals surface area contributed by atoms with Crippen molar-refractivity contribution >= 4 is 40.5 Å². The monoisotopic (exact) mass is 593 g/mol. The lowest BCUT2D eigenvalue weighted by Gasteiger charge is -2.35. The maximum absolute atomic E-state index is 14.2. The van der Waals surface area contributed by atoms with Gasteiger partial charge in [0, 0.05) is 33.3 Å². The van der Waals surface area contributed by atoms with E-state index < -0.39 is 41.1 Å². The van der Waals surface area contributed by atoms with Crippen molar-refractivity contribution in [2.75, 3.05) is 46.4 Å². The Morgan fingerprint density at radius 3 is 2.42 bits per heavy atom. The summed E-state index contributed by atoms with van der Waals surface area (Å²) in [7, 11) is 6.86. The summed E-state index contributed by atoms with van der Waals surface area (Å²) >= 11 is 0. The number of hydrogen-bond donors (Lipinski definition) is 1. The van der Waals surface area contributed by atoms with Crippen LogP contribution in [0.3, 0.4) is 0 Å². The molecule has 0 saturated carbocycles.